The molecule has 1 aromatic heterocycles. The molecule has 0 unspecified atom stereocenters. The first-order valence-corrected chi connectivity index (χ1v) is 7.63. The molecular formula is C15H25N3O3. The number of aliphatic carboxylic acids is 1. The molecule has 1 aliphatic carbocycles. The van der Waals surface area contributed by atoms with Crippen molar-refractivity contribution in [2.75, 3.05) is 6.54 Å². The van der Waals surface area contributed by atoms with Gasteiger partial charge >= 0.3 is 5.97 Å². The van der Waals surface area contributed by atoms with Crippen LogP contribution in [-0.2, 0) is 16.8 Å². The summed E-state index contributed by atoms with van der Waals surface area (Å²) in [4.78, 5) is 15.3. The second-order valence-electron chi connectivity index (χ2n) is 6.95. The Bertz CT molecular complexity index is 471. The van der Waals surface area contributed by atoms with E-state index in [4.69, 9.17) is 9.63 Å². The van der Waals surface area contributed by atoms with Gasteiger partial charge in [-0.3, -0.25) is 4.79 Å². The van der Waals surface area contributed by atoms with Crippen LogP contribution in [0.4, 0.5) is 0 Å². The van der Waals surface area contributed by atoms with Crippen molar-refractivity contribution >= 4 is 5.97 Å². The SMILES string of the molecule is CC(C)(C)c1nc(CNCC2CCC(C(=O)O)CC2)no1. The number of hydrogen-bond acceptors (Lipinski definition) is 5. The molecule has 0 amide bonds. The van der Waals surface area contributed by atoms with E-state index in [1.54, 1.807) is 0 Å². The van der Waals surface area contributed by atoms with Gasteiger partial charge in [0.25, 0.3) is 0 Å². The molecule has 0 aromatic carbocycles. The third-order valence-electron chi connectivity index (χ3n) is 4.02. The van der Waals surface area contributed by atoms with E-state index in [1.807, 2.05) is 20.8 Å². The number of nitrogens with zero attached hydrogens (tertiary/aromatic N) is 2. The van der Waals surface area contributed by atoms with E-state index < -0.39 is 5.97 Å². The molecule has 0 aliphatic heterocycles. The molecule has 1 fully saturated rings. The van der Waals surface area contributed by atoms with E-state index in [9.17, 15) is 4.79 Å². The van der Waals surface area contributed by atoms with Gasteiger partial charge in [-0.15, -0.1) is 0 Å². The number of carbonyl (C=O) groups is 1. The molecule has 1 saturated carbocycles. The number of aromatic nitrogens is 2. The summed E-state index contributed by atoms with van der Waals surface area (Å²) in [5.41, 5.74) is -0.125. The lowest BCUT2D eigenvalue weighted by atomic mass is 9.82. The molecule has 0 atom stereocenters. The van der Waals surface area contributed by atoms with Gasteiger partial charge in [0.1, 0.15) is 0 Å². The van der Waals surface area contributed by atoms with Crippen molar-refractivity contribution in [3.05, 3.63) is 11.7 Å². The molecule has 118 valence electrons. The Morgan fingerprint density at radius 3 is 2.52 bits per heavy atom. The average molecular weight is 295 g/mol. The van der Waals surface area contributed by atoms with Crippen LogP contribution in [0.2, 0.25) is 0 Å². The predicted octanol–water partition coefficient (Wildman–Crippen LogP) is 2.35. The molecule has 0 spiro atoms. The maximum Gasteiger partial charge on any atom is 0.306 e. The van der Waals surface area contributed by atoms with Crippen LogP contribution in [0, 0.1) is 11.8 Å². The highest BCUT2D eigenvalue weighted by Gasteiger charge is 2.26. The molecule has 21 heavy (non-hydrogen) atoms. The van der Waals surface area contributed by atoms with Gasteiger partial charge in [0.2, 0.25) is 5.89 Å². The van der Waals surface area contributed by atoms with Gasteiger partial charge in [-0.2, -0.15) is 4.98 Å². The normalized spacial score (nSPS) is 23.2. The molecule has 2 rings (SSSR count). The van der Waals surface area contributed by atoms with Crippen molar-refractivity contribution in [2.45, 2.75) is 58.4 Å². The molecule has 0 saturated heterocycles. The quantitative estimate of drug-likeness (QED) is 0.867. The van der Waals surface area contributed by atoms with E-state index in [-0.39, 0.29) is 11.3 Å². The van der Waals surface area contributed by atoms with Crippen LogP contribution in [0.25, 0.3) is 0 Å². The Labute approximate surface area is 125 Å². The molecular weight excluding hydrogens is 270 g/mol. The van der Waals surface area contributed by atoms with Crippen molar-refractivity contribution in [1.82, 2.24) is 15.5 Å². The maximum atomic E-state index is 10.9. The Morgan fingerprint density at radius 1 is 1.33 bits per heavy atom. The lowest BCUT2D eigenvalue weighted by molar-refractivity contribution is -0.143. The summed E-state index contributed by atoms with van der Waals surface area (Å²) < 4.78 is 5.25. The smallest absolute Gasteiger partial charge is 0.306 e. The third-order valence-corrected chi connectivity index (χ3v) is 4.02. The average Bonchev–Trinajstić information content (AvgIpc) is 2.88. The van der Waals surface area contributed by atoms with Crippen molar-refractivity contribution in [3.8, 4) is 0 Å². The Hall–Kier alpha value is -1.43. The summed E-state index contributed by atoms with van der Waals surface area (Å²) >= 11 is 0. The predicted molar refractivity (Wildman–Crippen MR) is 77.8 cm³/mol. The molecule has 0 radical (unpaired) electrons. The van der Waals surface area contributed by atoms with Crippen molar-refractivity contribution in [2.24, 2.45) is 11.8 Å². The highest BCUT2D eigenvalue weighted by molar-refractivity contribution is 5.69. The van der Waals surface area contributed by atoms with E-state index >= 15 is 0 Å². The van der Waals surface area contributed by atoms with Gasteiger partial charge in [-0.1, -0.05) is 25.9 Å². The Balaban J connectivity index is 1.71. The highest BCUT2D eigenvalue weighted by Crippen LogP contribution is 2.28. The van der Waals surface area contributed by atoms with Crippen LogP contribution in [0.15, 0.2) is 4.52 Å². The summed E-state index contributed by atoms with van der Waals surface area (Å²) in [5, 5.41) is 16.3. The summed E-state index contributed by atoms with van der Waals surface area (Å²) in [5.74, 6) is 1.09. The first-order chi connectivity index (χ1) is 9.86. The molecule has 6 nitrogen and oxygen atoms in total. The van der Waals surface area contributed by atoms with Gasteiger partial charge in [-0.05, 0) is 38.1 Å². The standard InChI is InChI=1S/C15H25N3O3/c1-15(2,3)14-17-12(18-21-14)9-16-8-10-4-6-11(7-5-10)13(19)20/h10-11,16H,4-9H2,1-3H3,(H,19,20). The Kier molecular flexibility index (Phi) is 4.98. The maximum absolute atomic E-state index is 10.9. The topological polar surface area (TPSA) is 88.2 Å². The van der Waals surface area contributed by atoms with Crippen LogP contribution in [-0.4, -0.2) is 27.8 Å². The van der Waals surface area contributed by atoms with Crippen LogP contribution >= 0.6 is 0 Å². The number of hydrogen-bond donors (Lipinski definition) is 2. The minimum absolute atomic E-state index is 0.125. The molecule has 6 heteroatoms. The fraction of sp³-hybridized carbons (Fsp3) is 0.800. The van der Waals surface area contributed by atoms with Crippen LogP contribution in [0.5, 0.6) is 0 Å². The molecule has 0 bridgehead atoms. The van der Waals surface area contributed by atoms with Gasteiger partial charge in [-0.25, -0.2) is 0 Å². The van der Waals surface area contributed by atoms with Gasteiger partial charge in [0.15, 0.2) is 5.82 Å². The summed E-state index contributed by atoms with van der Waals surface area (Å²) in [6.45, 7) is 7.60. The van der Waals surface area contributed by atoms with Crippen molar-refractivity contribution in [1.29, 1.82) is 0 Å². The molecule has 2 N–H and O–H groups in total. The van der Waals surface area contributed by atoms with Crippen LogP contribution < -0.4 is 5.32 Å². The molecule has 1 aromatic rings. The van der Waals surface area contributed by atoms with Gasteiger partial charge in [0, 0.05) is 5.41 Å². The largest absolute Gasteiger partial charge is 0.481 e. The summed E-state index contributed by atoms with van der Waals surface area (Å²) in [6, 6.07) is 0. The lowest BCUT2D eigenvalue weighted by Crippen LogP contribution is -2.28. The zero-order valence-corrected chi connectivity index (χ0v) is 13.1. The minimum atomic E-state index is -0.650. The first kappa shape index (κ1) is 15.9. The fourth-order valence-electron chi connectivity index (χ4n) is 2.63. The second-order valence-corrected chi connectivity index (χ2v) is 6.95. The third kappa shape index (κ3) is 4.52. The van der Waals surface area contributed by atoms with E-state index in [2.05, 4.69) is 15.5 Å². The monoisotopic (exact) mass is 295 g/mol. The Morgan fingerprint density at radius 2 is 2.00 bits per heavy atom. The molecule has 1 aliphatic rings. The number of nitrogens with one attached hydrogen (secondary N) is 1. The fourth-order valence-corrected chi connectivity index (χ4v) is 2.63. The van der Waals surface area contributed by atoms with Crippen molar-refractivity contribution in [3.63, 3.8) is 0 Å². The van der Waals surface area contributed by atoms with Gasteiger partial charge < -0.3 is 14.9 Å². The highest BCUT2D eigenvalue weighted by atomic mass is 16.5. The zero-order chi connectivity index (χ0) is 15.5. The van der Waals surface area contributed by atoms with Crippen molar-refractivity contribution < 1.29 is 14.4 Å². The summed E-state index contributed by atoms with van der Waals surface area (Å²) in [6.07, 6.45) is 3.53. The molecule has 1 heterocycles. The van der Waals surface area contributed by atoms with Gasteiger partial charge in [0.05, 0.1) is 12.5 Å². The second kappa shape index (κ2) is 6.56. The number of carboxylic acids is 1. The van der Waals surface area contributed by atoms with Crippen LogP contribution in [0.1, 0.15) is 58.2 Å². The van der Waals surface area contributed by atoms with Crippen LogP contribution in [0.3, 0.4) is 0 Å². The zero-order valence-electron chi connectivity index (χ0n) is 13.1. The number of carboxylic acid groups (broad SMARTS) is 1. The first-order valence-electron chi connectivity index (χ1n) is 7.63. The lowest BCUT2D eigenvalue weighted by Gasteiger charge is -2.26. The van der Waals surface area contributed by atoms with E-state index in [0.717, 1.165) is 32.2 Å². The minimum Gasteiger partial charge on any atom is -0.481 e. The number of rotatable bonds is 5. The van der Waals surface area contributed by atoms with E-state index in [0.29, 0.717) is 24.2 Å². The summed E-state index contributed by atoms with van der Waals surface area (Å²) in [7, 11) is 0. The van der Waals surface area contributed by atoms with E-state index in [1.165, 1.54) is 0 Å².